The van der Waals surface area contributed by atoms with Crippen molar-refractivity contribution in [2.75, 3.05) is 6.54 Å². The van der Waals surface area contributed by atoms with E-state index in [4.69, 9.17) is 28.2 Å². The number of nitrogens with one attached hydrogen (secondary N) is 2. The Labute approximate surface area is 183 Å². The smallest absolute Gasteiger partial charge is 0.191 e. The lowest BCUT2D eigenvalue weighted by Gasteiger charge is -2.25. The molecule has 8 heteroatoms. The van der Waals surface area contributed by atoms with Gasteiger partial charge in [0.15, 0.2) is 11.8 Å². The van der Waals surface area contributed by atoms with E-state index in [0.29, 0.717) is 17.6 Å². The molecule has 1 aromatic heterocycles. The molecule has 1 aliphatic carbocycles. The third kappa shape index (κ3) is 6.61. The minimum atomic E-state index is 0.488. The molecule has 3 rings (SSSR count). The first-order valence-electron chi connectivity index (χ1n) is 10.4. The average molecular weight is 437 g/mol. The highest BCUT2D eigenvalue weighted by Gasteiger charge is 2.15. The van der Waals surface area contributed by atoms with E-state index >= 15 is 0 Å². The second-order valence-corrected chi connectivity index (χ2v) is 8.48. The van der Waals surface area contributed by atoms with E-state index < -0.39 is 0 Å². The van der Waals surface area contributed by atoms with E-state index in [1.54, 1.807) is 6.07 Å². The number of hydrogen-bond acceptors (Lipinski definition) is 3. The molecule has 1 aromatic carbocycles. The molecule has 0 radical (unpaired) electrons. The lowest BCUT2D eigenvalue weighted by molar-refractivity contribution is 0.409. The van der Waals surface area contributed by atoms with Crippen LogP contribution in [-0.2, 0) is 20.0 Å². The van der Waals surface area contributed by atoms with Gasteiger partial charge in [0, 0.05) is 29.7 Å². The Morgan fingerprint density at radius 1 is 1.21 bits per heavy atom. The molecule has 29 heavy (non-hydrogen) atoms. The zero-order valence-corrected chi connectivity index (χ0v) is 18.7. The lowest BCUT2D eigenvalue weighted by atomic mass is 9.96. The molecule has 6 nitrogen and oxygen atoms in total. The molecular weight excluding hydrogens is 407 g/mol. The maximum Gasteiger partial charge on any atom is 0.191 e. The molecule has 2 aromatic rings. The molecule has 0 aliphatic heterocycles. The molecule has 1 heterocycles. The molecule has 0 unspecified atom stereocenters. The fourth-order valence-corrected chi connectivity index (χ4v) is 4.04. The van der Waals surface area contributed by atoms with Crippen molar-refractivity contribution in [3.05, 3.63) is 45.5 Å². The number of aryl methyl sites for hydroxylation is 2. The van der Waals surface area contributed by atoms with Crippen LogP contribution < -0.4 is 10.6 Å². The van der Waals surface area contributed by atoms with E-state index in [-0.39, 0.29) is 0 Å². The van der Waals surface area contributed by atoms with Gasteiger partial charge in [-0.25, -0.2) is 4.99 Å². The summed E-state index contributed by atoms with van der Waals surface area (Å²) in [5, 5.41) is 16.8. The molecule has 0 atom stereocenters. The van der Waals surface area contributed by atoms with E-state index in [1.807, 2.05) is 30.7 Å². The lowest BCUT2D eigenvalue weighted by Crippen LogP contribution is -2.44. The molecule has 0 amide bonds. The first kappa shape index (κ1) is 21.9. The average Bonchev–Trinajstić information content (AvgIpc) is 3.03. The number of rotatable bonds is 7. The summed E-state index contributed by atoms with van der Waals surface area (Å²) in [6.07, 6.45) is 8.13. The monoisotopic (exact) mass is 436 g/mol. The van der Waals surface area contributed by atoms with Crippen molar-refractivity contribution < 1.29 is 0 Å². The third-order valence-electron chi connectivity index (χ3n) is 5.44. The summed E-state index contributed by atoms with van der Waals surface area (Å²) in [4.78, 5) is 4.76. The van der Waals surface area contributed by atoms with E-state index in [1.165, 1.54) is 32.1 Å². The van der Waals surface area contributed by atoms with Gasteiger partial charge >= 0.3 is 0 Å². The predicted octanol–water partition coefficient (Wildman–Crippen LogP) is 4.43. The molecule has 0 spiro atoms. The summed E-state index contributed by atoms with van der Waals surface area (Å²) < 4.78 is 1.98. The first-order valence-corrected chi connectivity index (χ1v) is 11.1. The normalized spacial score (nSPS) is 15.5. The van der Waals surface area contributed by atoms with Crippen molar-refractivity contribution in [2.24, 2.45) is 12.0 Å². The highest BCUT2D eigenvalue weighted by molar-refractivity contribution is 6.35. The summed E-state index contributed by atoms with van der Waals surface area (Å²) in [7, 11) is 1.97. The number of halogens is 2. The number of nitrogens with zero attached hydrogens (tertiary/aromatic N) is 4. The standard InChI is InChI=1S/C21H30Cl2N6/c1-15-27-28-20(29(15)2)14-25-21(26-18-8-4-3-5-9-18)24-12-6-7-16-10-11-17(22)13-19(16)23/h10-11,13,18H,3-9,12,14H2,1-2H3,(H2,24,25,26). The minimum Gasteiger partial charge on any atom is -0.356 e. The van der Waals surface area contributed by atoms with Crippen LogP contribution in [0.4, 0.5) is 0 Å². The number of aromatic nitrogens is 3. The summed E-state index contributed by atoms with van der Waals surface area (Å²) in [5.74, 6) is 2.60. The Morgan fingerprint density at radius 2 is 2.00 bits per heavy atom. The van der Waals surface area contributed by atoms with Gasteiger partial charge in [-0.15, -0.1) is 10.2 Å². The van der Waals surface area contributed by atoms with E-state index in [9.17, 15) is 0 Å². The summed E-state index contributed by atoms with van der Waals surface area (Å²) in [6.45, 7) is 3.26. The second-order valence-electron chi connectivity index (χ2n) is 7.63. The van der Waals surface area contributed by atoms with Crippen LogP contribution in [0, 0.1) is 6.92 Å². The molecule has 158 valence electrons. The van der Waals surface area contributed by atoms with Crippen LogP contribution in [0.1, 0.15) is 55.7 Å². The summed E-state index contributed by atoms with van der Waals surface area (Å²) >= 11 is 12.3. The van der Waals surface area contributed by atoms with Crippen LogP contribution in [0.5, 0.6) is 0 Å². The summed E-state index contributed by atoms with van der Waals surface area (Å²) in [5.41, 5.74) is 1.12. The zero-order chi connectivity index (χ0) is 20.6. The van der Waals surface area contributed by atoms with Crippen molar-refractivity contribution in [2.45, 2.75) is 64.5 Å². The number of aliphatic imine (C=N–C) groups is 1. The quantitative estimate of drug-likeness (QED) is 0.382. The van der Waals surface area contributed by atoms with Gasteiger partial charge in [0.2, 0.25) is 0 Å². The second kappa shape index (κ2) is 10.8. The highest BCUT2D eigenvalue weighted by Crippen LogP contribution is 2.22. The maximum absolute atomic E-state index is 6.28. The van der Waals surface area contributed by atoms with Crippen LogP contribution in [-0.4, -0.2) is 33.3 Å². The molecule has 1 fully saturated rings. The molecule has 1 saturated carbocycles. The van der Waals surface area contributed by atoms with Gasteiger partial charge in [0.1, 0.15) is 12.4 Å². The number of benzene rings is 1. The molecule has 1 aliphatic rings. The molecule has 2 N–H and O–H groups in total. The Kier molecular flexibility index (Phi) is 8.19. The fraction of sp³-hybridized carbons (Fsp3) is 0.571. The van der Waals surface area contributed by atoms with Crippen molar-refractivity contribution in [1.82, 2.24) is 25.4 Å². The zero-order valence-electron chi connectivity index (χ0n) is 17.2. The van der Waals surface area contributed by atoms with Gasteiger partial charge in [-0.2, -0.15) is 0 Å². The van der Waals surface area contributed by atoms with Crippen LogP contribution in [0.2, 0.25) is 10.0 Å². The van der Waals surface area contributed by atoms with Crippen molar-refractivity contribution in [3.63, 3.8) is 0 Å². The van der Waals surface area contributed by atoms with Crippen LogP contribution in [0.15, 0.2) is 23.2 Å². The van der Waals surface area contributed by atoms with Gasteiger partial charge in [0.25, 0.3) is 0 Å². The topological polar surface area (TPSA) is 67.1 Å². The number of guanidine groups is 1. The fourth-order valence-electron chi connectivity index (χ4n) is 3.54. The van der Waals surface area contributed by atoms with Gasteiger partial charge in [-0.1, -0.05) is 48.5 Å². The first-order chi connectivity index (χ1) is 14.0. The Hall–Kier alpha value is -1.79. The van der Waals surface area contributed by atoms with Gasteiger partial charge < -0.3 is 15.2 Å². The minimum absolute atomic E-state index is 0.488. The number of hydrogen-bond donors (Lipinski definition) is 2. The maximum atomic E-state index is 6.28. The Morgan fingerprint density at radius 3 is 2.69 bits per heavy atom. The van der Waals surface area contributed by atoms with Crippen molar-refractivity contribution in [3.8, 4) is 0 Å². The third-order valence-corrected chi connectivity index (χ3v) is 6.02. The SMILES string of the molecule is Cc1nnc(CN=C(NCCCc2ccc(Cl)cc2Cl)NC2CCCCC2)n1C. The van der Waals surface area contributed by atoms with Crippen LogP contribution in [0.25, 0.3) is 0 Å². The van der Waals surface area contributed by atoms with Gasteiger partial charge in [-0.3, -0.25) is 0 Å². The Bertz CT molecular complexity index is 827. The molecule has 0 saturated heterocycles. The van der Waals surface area contributed by atoms with Crippen LogP contribution >= 0.6 is 23.2 Å². The van der Waals surface area contributed by atoms with E-state index in [0.717, 1.165) is 47.6 Å². The summed E-state index contributed by atoms with van der Waals surface area (Å²) in [6, 6.07) is 6.17. The van der Waals surface area contributed by atoms with Crippen molar-refractivity contribution >= 4 is 29.2 Å². The molecular formula is C21H30Cl2N6. The predicted molar refractivity (Wildman–Crippen MR) is 120 cm³/mol. The van der Waals surface area contributed by atoms with Gasteiger partial charge in [0.05, 0.1) is 0 Å². The van der Waals surface area contributed by atoms with Gasteiger partial charge in [-0.05, 0) is 50.3 Å². The van der Waals surface area contributed by atoms with Crippen LogP contribution in [0.3, 0.4) is 0 Å². The van der Waals surface area contributed by atoms with Crippen molar-refractivity contribution in [1.29, 1.82) is 0 Å². The largest absolute Gasteiger partial charge is 0.356 e. The Balaban J connectivity index is 1.56. The highest BCUT2D eigenvalue weighted by atomic mass is 35.5. The van der Waals surface area contributed by atoms with E-state index in [2.05, 4.69) is 20.8 Å². The molecule has 0 bridgehead atoms.